The smallest absolute Gasteiger partial charge is 0.336 e. The molecule has 1 N–H and O–H groups in total. The summed E-state index contributed by atoms with van der Waals surface area (Å²) in [6.45, 7) is 3.63. The maximum atomic E-state index is 12.5. The number of benzene rings is 1. The molecule has 2 rings (SSSR count). The molecule has 0 aromatic heterocycles. The van der Waals surface area contributed by atoms with Gasteiger partial charge in [0.2, 0.25) is 0 Å². The number of nitro benzene ring substituents is 1. The Labute approximate surface area is 153 Å². The molecule has 0 saturated heterocycles. The van der Waals surface area contributed by atoms with E-state index in [1.807, 2.05) is 0 Å². The lowest BCUT2D eigenvalue weighted by atomic mass is 9.81. The molecule has 0 saturated carbocycles. The van der Waals surface area contributed by atoms with Gasteiger partial charge in [0.1, 0.15) is 6.61 Å². The molecule has 1 aromatic carbocycles. The van der Waals surface area contributed by atoms with Crippen LogP contribution < -0.4 is 5.32 Å². The summed E-state index contributed by atoms with van der Waals surface area (Å²) in [6.07, 6.45) is 0. The van der Waals surface area contributed by atoms with Crippen molar-refractivity contribution >= 4 is 27.6 Å². The molecule has 0 spiro atoms. The number of allylic oxidation sites excluding steroid dienone is 3. The van der Waals surface area contributed by atoms with E-state index in [0.29, 0.717) is 27.9 Å². The van der Waals surface area contributed by atoms with E-state index in [1.54, 1.807) is 19.9 Å². The van der Waals surface area contributed by atoms with Crippen LogP contribution in [0.1, 0.15) is 25.3 Å². The van der Waals surface area contributed by atoms with E-state index in [4.69, 9.17) is 4.74 Å². The fourth-order valence-electron chi connectivity index (χ4n) is 2.77. The Hall–Kier alpha value is -2.66. The molecule has 7 nitrogen and oxygen atoms in total. The molecular formula is C17H16BrN3O4. The highest BCUT2D eigenvalue weighted by molar-refractivity contribution is 9.09. The van der Waals surface area contributed by atoms with E-state index in [0.717, 1.165) is 0 Å². The predicted octanol–water partition coefficient (Wildman–Crippen LogP) is 3.29. The summed E-state index contributed by atoms with van der Waals surface area (Å²) < 4.78 is 5.21. The number of ether oxygens (including phenoxy) is 1. The number of alkyl halides is 1. The summed E-state index contributed by atoms with van der Waals surface area (Å²) in [5.74, 6) is -1.27. The van der Waals surface area contributed by atoms with Crippen molar-refractivity contribution < 1.29 is 14.5 Å². The number of halogens is 1. The van der Waals surface area contributed by atoms with Gasteiger partial charge in [0.25, 0.3) is 5.69 Å². The molecule has 1 aliphatic heterocycles. The number of non-ortho nitro benzene ring substituents is 1. The maximum Gasteiger partial charge on any atom is 0.336 e. The van der Waals surface area contributed by atoms with Gasteiger partial charge in [-0.25, -0.2) is 4.79 Å². The van der Waals surface area contributed by atoms with Gasteiger partial charge in [-0.1, -0.05) is 28.1 Å². The fraction of sp³-hybridized carbons (Fsp3) is 0.294. The van der Waals surface area contributed by atoms with E-state index < -0.39 is 16.8 Å². The van der Waals surface area contributed by atoms with Crippen molar-refractivity contribution in [2.45, 2.75) is 19.8 Å². The molecule has 1 atom stereocenters. The van der Waals surface area contributed by atoms with Crippen LogP contribution >= 0.6 is 15.9 Å². The zero-order chi connectivity index (χ0) is 18.6. The molecular weight excluding hydrogens is 390 g/mol. The highest BCUT2D eigenvalue weighted by Crippen LogP contribution is 2.39. The average Bonchev–Trinajstić information content (AvgIpc) is 2.59. The molecule has 0 radical (unpaired) electrons. The normalized spacial score (nSPS) is 17.0. The zero-order valence-electron chi connectivity index (χ0n) is 13.7. The van der Waals surface area contributed by atoms with Crippen LogP contribution in [-0.2, 0) is 9.53 Å². The van der Waals surface area contributed by atoms with Gasteiger partial charge in [-0.3, -0.25) is 10.1 Å². The Kier molecular flexibility index (Phi) is 5.93. The molecule has 1 unspecified atom stereocenters. The van der Waals surface area contributed by atoms with Gasteiger partial charge < -0.3 is 10.1 Å². The van der Waals surface area contributed by atoms with Crippen molar-refractivity contribution in [3.63, 3.8) is 0 Å². The summed E-state index contributed by atoms with van der Waals surface area (Å²) in [5.41, 5.74) is 2.18. The third kappa shape index (κ3) is 3.88. The lowest BCUT2D eigenvalue weighted by Gasteiger charge is -2.28. The number of nitriles is 1. The van der Waals surface area contributed by atoms with E-state index in [9.17, 15) is 20.2 Å². The highest BCUT2D eigenvalue weighted by Gasteiger charge is 2.34. The number of nitrogens with one attached hydrogen (secondary N) is 1. The van der Waals surface area contributed by atoms with Crippen molar-refractivity contribution in [3.8, 4) is 6.07 Å². The number of carbonyl (C=O) groups excluding carboxylic acids is 1. The Morgan fingerprint density at radius 3 is 2.76 bits per heavy atom. The third-order valence-corrected chi connectivity index (χ3v) is 4.15. The largest absolute Gasteiger partial charge is 0.461 e. The second kappa shape index (κ2) is 7.94. The van der Waals surface area contributed by atoms with E-state index >= 15 is 0 Å². The Bertz CT molecular complexity index is 823. The zero-order valence-corrected chi connectivity index (χ0v) is 15.3. The van der Waals surface area contributed by atoms with Crippen LogP contribution in [0.25, 0.3) is 0 Å². The second-order valence-electron chi connectivity index (χ2n) is 5.42. The molecule has 1 aliphatic rings. The van der Waals surface area contributed by atoms with Crippen LogP contribution in [0.4, 0.5) is 5.69 Å². The molecule has 1 heterocycles. The highest BCUT2D eigenvalue weighted by atomic mass is 79.9. The first-order valence-corrected chi connectivity index (χ1v) is 8.59. The van der Waals surface area contributed by atoms with Gasteiger partial charge in [0.05, 0.1) is 28.1 Å². The van der Waals surface area contributed by atoms with Crippen LogP contribution in [0.15, 0.2) is 46.8 Å². The molecule has 0 bridgehead atoms. The average molecular weight is 406 g/mol. The molecule has 0 amide bonds. The third-order valence-electron chi connectivity index (χ3n) is 3.83. The molecule has 0 fully saturated rings. The van der Waals surface area contributed by atoms with Gasteiger partial charge in [0, 0.05) is 28.9 Å². The number of rotatable bonds is 5. The fourth-order valence-corrected chi connectivity index (χ4v) is 2.93. The minimum Gasteiger partial charge on any atom is -0.461 e. The van der Waals surface area contributed by atoms with Crippen molar-refractivity contribution in [3.05, 3.63) is 62.5 Å². The number of carbonyl (C=O) groups is 1. The predicted molar refractivity (Wildman–Crippen MR) is 94.7 cm³/mol. The van der Waals surface area contributed by atoms with Crippen molar-refractivity contribution in [1.82, 2.24) is 5.32 Å². The van der Waals surface area contributed by atoms with Crippen LogP contribution in [0, 0.1) is 21.4 Å². The van der Waals surface area contributed by atoms with Gasteiger partial charge in [-0.15, -0.1) is 0 Å². The van der Waals surface area contributed by atoms with Crippen LogP contribution in [0.3, 0.4) is 0 Å². The van der Waals surface area contributed by atoms with E-state index in [2.05, 4.69) is 27.3 Å². The molecule has 0 aliphatic carbocycles. The number of dihydropyridines is 1. The number of esters is 1. The number of nitro groups is 1. The summed E-state index contributed by atoms with van der Waals surface area (Å²) in [4.78, 5) is 23.1. The van der Waals surface area contributed by atoms with E-state index in [1.165, 1.54) is 18.2 Å². The summed E-state index contributed by atoms with van der Waals surface area (Å²) in [6, 6.07) is 8.06. The molecule has 1 aromatic rings. The van der Waals surface area contributed by atoms with Crippen LogP contribution in [-0.4, -0.2) is 22.8 Å². The first-order valence-electron chi connectivity index (χ1n) is 7.46. The lowest BCUT2D eigenvalue weighted by Crippen LogP contribution is -2.29. The minimum absolute atomic E-state index is 0.100. The summed E-state index contributed by atoms with van der Waals surface area (Å²) in [5, 5.41) is 24.2. The maximum absolute atomic E-state index is 12.5. The van der Waals surface area contributed by atoms with Gasteiger partial charge >= 0.3 is 5.97 Å². The first kappa shape index (κ1) is 18.7. The quantitative estimate of drug-likeness (QED) is 0.348. The molecule has 130 valence electrons. The standard InChI is InChI=1S/C17H16BrN3O4/c1-10-14(9-19)16(12-4-3-5-13(8-12)21(23)24)15(11(2)20-10)17(22)25-7-6-18/h3-5,8,16,20H,6-7H2,1-2H3. The SMILES string of the molecule is CC1=C(C#N)C(c2cccc([N+](=O)[O-])c2)C(C(=O)OCCBr)=C(C)N1. The lowest BCUT2D eigenvalue weighted by molar-refractivity contribution is -0.384. The monoisotopic (exact) mass is 405 g/mol. The van der Waals surface area contributed by atoms with E-state index in [-0.39, 0.29) is 17.9 Å². The minimum atomic E-state index is -0.714. The summed E-state index contributed by atoms with van der Waals surface area (Å²) in [7, 11) is 0. The Morgan fingerprint density at radius 1 is 1.44 bits per heavy atom. The topological polar surface area (TPSA) is 105 Å². The number of nitrogens with zero attached hydrogens (tertiary/aromatic N) is 2. The van der Waals surface area contributed by atoms with Crippen LogP contribution in [0.5, 0.6) is 0 Å². The first-order chi connectivity index (χ1) is 11.9. The van der Waals surface area contributed by atoms with Crippen molar-refractivity contribution in [1.29, 1.82) is 5.26 Å². The van der Waals surface area contributed by atoms with Gasteiger partial charge in [-0.2, -0.15) is 5.26 Å². The van der Waals surface area contributed by atoms with Gasteiger partial charge in [0.15, 0.2) is 0 Å². The number of hydrogen-bond donors (Lipinski definition) is 1. The molecule has 8 heteroatoms. The summed E-state index contributed by atoms with van der Waals surface area (Å²) >= 11 is 3.19. The second-order valence-corrected chi connectivity index (χ2v) is 6.22. The van der Waals surface area contributed by atoms with Gasteiger partial charge in [-0.05, 0) is 19.4 Å². The number of hydrogen-bond acceptors (Lipinski definition) is 6. The van der Waals surface area contributed by atoms with Crippen LogP contribution in [0.2, 0.25) is 0 Å². The Morgan fingerprint density at radius 2 is 2.16 bits per heavy atom. The Balaban J connectivity index is 2.59. The molecule has 25 heavy (non-hydrogen) atoms. The van der Waals surface area contributed by atoms with Crippen molar-refractivity contribution in [2.24, 2.45) is 0 Å². The van der Waals surface area contributed by atoms with Crippen molar-refractivity contribution in [2.75, 3.05) is 11.9 Å².